The Morgan fingerprint density at radius 3 is 2.61 bits per heavy atom. The first kappa shape index (κ1) is 14.4. The van der Waals surface area contributed by atoms with E-state index >= 15 is 0 Å². The predicted octanol–water partition coefficient (Wildman–Crippen LogP) is 2.67. The number of alkyl halides is 3. The van der Waals surface area contributed by atoms with Crippen LogP contribution in [-0.4, -0.2) is 24.5 Å². The number of rotatable bonds is 3. The van der Waals surface area contributed by atoms with E-state index in [-0.39, 0.29) is 6.61 Å². The van der Waals surface area contributed by atoms with Crippen molar-refractivity contribution in [1.82, 2.24) is 0 Å². The first-order valence-corrected chi connectivity index (χ1v) is 5.32. The first-order chi connectivity index (χ1) is 8.42. The second-order valence-electron chi connectivity index (χ2n) is 3.65. The Kier molecular flexibility index (Phi) is 5.05. The predicted molar refractivity (Wildman–Crippen MR) is 61.3 cm³/mol. The van der Waals surface area contributed by atoms with Gasteiger partial charge in [0.05, 0.1) is 13.0 Å². The third kappa shape index (κ3) is 5.11. The van der Waals surface area contributed by atoms with E-state index in [1.807, 2.05) is 0 Å². The van der Waals surface area contributed by atoms with E-state index in [2.05, 4.69) is 11.8 Å². The molecule has 0 bridgehead atoms. The van der Waals surface area contributed by atoms with Gasteiger partial charge in [0.2, 0.25) is 0 Å². The van der Waals surface area contributed by atoms with Crippen LogP contribution < -0.4 is 4.74 Å². The van der Waals surface area contributed by atoms with E-state index < -0.39 is 19.2 Å². The SMILES string of the molecule is Cc1cc(C#CCO)ccc1OCCC(F)(F)F. The Hall–Kier alpha value is -1.67. The van der Waals surface area contributed by atoms with Crippen LogP contribution in [0, 0.1) is 18.8 Å². The highest BCUT2D eigenvalue weighted by Gasteiger charge is 2.26. The number of hydrogen-bond donors (Lipinski definition) is 1. The molecule has 18 heavy (non-hydrogen) atoms. The number of benzene rings is 1. The molecule has 0 aromatic heterocycles. The number of aliphatic hydroxyl groups excluding tert-OH is 1. The van der Waals surface area contributed by atoms with E-state index in [9.17, 15) is 13.2 Å². The summed E-state index contributed by atoms with van der Waals surface area (Å²) in [7, 11) is 0. The second kappa shape index (κ2) is 6.31. The van der Waals surface area contributed by atoms with Gasteiger partial charge in [-0.1, -0.05) is 11.8 Å². The van der Waals surface area contributed by atoms with E-state index in [4.69, 9.17) is 9.84 Å². The molecule has 0 aliphatic heterocycles. The average molecular weight is 258 g/mol. The molecule has 1 aromatic rings. The van der Waals surface area contributed by atoms with E-state index in [1.165, 1.54) is 0 Å². The number of aryl methyl sites for hydroxylation is 1. The van der Waals surface area contributed by atoms with E-state index in [0.717, 1.165) is 0 Å². The molecular formula is C13H13F3O2. The Morgan fingerprint density at radius 2 is 2.06 bits per heavy atom. The lowest BCUT2D eigenvalue weighted by Gasteiger charge is -2.10. The van der Waals surface area contributed by atoms with Crippen molar-refractivity contribution in [1.29, 1.82) is 0 Å². The lowest BCUT2D eigenvalue weighted by molar-refractivity contribution is -0.139. The highest BCUT2D eigenvalue weighted by atomic mass is 19.4. The molecule has 1 aromatic carbocycles. The maximum atomic E-state index is 11.9. The van der Waals surface area contributed by atoms with Gasteiger partial charge in [-0.05, 0) is 30.7 Å². The van der Waals surface area contributed by atoms with Gasteiger partial charge >= 0.3 is 6.18 Å². The average Bonchev–Trinajstić information content (AvgIpc) is 2.27. The number of aliphatic hydroxyl groups is 1. The topological polar surface area (TPSA) is 29.5 Å². The van der Waals surface area contributed by atoms with Crippen LogP contribution in [0.2, 0.25) is 0 Å². The zero-order chi connectivity index (χ0) is 13.6. The number of hydrogen-bond acceptors (Lipinski definition) is 2. The summed E-state index contributed by atoms with van der Waals surface area (Å²) in [4.78, 5) is 0. The second-order valence-corrected chi connectivity index (χ2v) is 3.65. The minimum atomic E-state index is -4.21. The highest BCUT2D eigenvalue weighted by molar-refractivity contribution is 5.43. The van der Waals surface area contributed by atoms with Crippen LogP contribution in [0.5, 0.6) is 5.75 Å². The largest absolute Gasteiger partial charge is 0.493 e. The number of ether oxygens (including phenoxy) is 1. The zero-order valence-electron chi connectivity index (χ0n) is 9.84. The molecule has 0 radical (unpaired) electrons. The summed E-state index contributed by atoms with van der Waals surface area (Å²) in [6, 6.07) is 4.91. The van der Waals surface area contributed by atoms with E-state index in [0.29, 0.717) is 16.9 Å². The van der Waals surface area contributed by atoms with Gasteiger partial charge in [0.1, 0.15) is 12.4 Å². The molecule has 0 aliphatic rings. The van der Waals surface area contributed by atoms with Gasteiger partial charge < -0.3 is 9.84 Å². The molecular weight excluding hydrogens is 245 g/mol. The molecule has 1 rings (SSSR count). The summed E-state index contributed by atoms with van der Waals surface area (Å²) in [5, 5.41) is 8.54. The Labute approximate surface area is 103 Å². The van der Waals surface area contributed by atoms with Crippen molar-refractivity contribution in [3.63, 3.8) is 0 Å². The van der Waals surface area contributed by atoms with E-state index in [1.54, 1.807) is 25.1 Å². The quantitative estimate of drug-likeness (QED) is 0.845. The minimum absolute atomic E-state index is 0.233. The molecule has 0 atom stereocenters. The molecule has 0 heterocycles. The van der Waals surface area contributed by atoms with Crippen molar-refractivity contribution in [3.8, 4) is 17.6 Å². The molecule has 98 valence electrons. The molecule has 2 nitrogen and oxygen atoms in total. The van der Waals surface area contributed by atoms with Gasteiger partial charge in [0.15, 0.2) is 0 Å². The fourth-order valence-corrected chi connectivity index (χ4v) is 1.31. The number of halogens is 3. The van der Waals surface area contributed by atoms with Gasteiger partial charge in [0, 0.05) is 5.56 Å². The molecule has 0 spiro atoms. The normalized spacial score (nSPS) is 10.7. The summed E-state index contributed by atoms with van der Waals surface area (Å²) in [6.07, 6.45) is -5.18. The van der Waals surface area contributed by atoms with Crippen LogP contribution in [0.3, 0.4) is 0 Å². The van der Waals surface area contributed by atoms with Gasteiger partial charge in [-0.15, -0.1) is 0 Å². The minimum Gasteiger partial charge on any atom is -0.493 e. The van der Waals surface area contributed by atoms with Crippen molar-refractivity contribution < 1.29 is 23.0 Å². The monoisotopic (exact) mass is 258 g/mol. The third-order valence-corrected chi connectivity index (χ3v) is 2.13. The lowest BCUT2D eigenvalue weighted by atomic mass is 10.1. The first-order valence-electron chi connectivity index (χ1n) is 5.32. The third-order valence-electron chi connectivity index (χ3n) is 2.13. The zero-order valence-corrected chi connectivity index (χ0v) is 9.84. The Balaban J connectivity index is 2.63. The summed E-state index contributed by atoms with van der Waals surface area (Å²) in [5.74, 6) is 5.61. The van der Waals surface area contributed by atoms with Crippen LogP contribution in [0.15, 0.2) is 18.2 Å². The molecule has 5 heteroatoms. The van der Waals surface area contributed by atoms with Crippen LogP contribution in [0.25, 0.3) is 0 Å². The van der Waals surface area contributed by atoms with Gasteiger partial charge in [-0.25, -0.2) is 0 Å². The van der Waals surface area contributed by atoms with Crippen LogP contribution in [-0.2, 0) is 0 Å². The van der Waals surface area contributed by atoms with Gasteiger partial charge in [-0.3, -0.25) is 0 Å². The molecule has 1 N–H and O–H groups in total. The van der Waals surface area contributed by atoms with Crippen molar-refractivity contribution >= 4 is 0 Å². The maximum absolute atomic E-state index is 11.9. The fourth-order valence-electron chi connectivity index (χ4n) is 1.31. The summed E-state index contributed by atoms with van der Waals surface area (Å²) in [6.45, 7) is 1.10. The molecule has 0 amide bonds. The molecule has 0 saturated carbocycles. The fraction of sp³-hybridized carbons (Fsp3) is 0.385. The van der Waals surface area contributed by atoms with Crippen molar-refractivity contribution in [2.45, 2.75) is 19.5 Å². The van der Waals surface area contributed by atoms with Crippen molar-refractivity contribution in [2.24, 2.45) is 0 Å². The molecule has 0 fully saturated rings. The summed E-state index contributed by atoms with van der Waals surface area (Å²) < 4.78 is 40.9. The van der Waals surface area contributed by atoms with Crippen LogP contribution >= 0.6 is 0 Å². The smallest absolute Gasteiger partial charge is 0.392 e. The molecule has 0 aliphatic carbocycles. The Bertz CT molecular complexity index is 456. The molecule has 0 saturated heterocycles. The van der Waals surface area contributed by atoms with Crippen LogP contribution in [0.4, 0.5) is 13.2 Å². The summed E-state index contributed by atoms with van der Waals surface area (Å²) in [5.41, 5.74) is 1.40. The maximum Gasteiger partial charge on any atom is 0.392 e. The Morgan fingerprint density at radius 1 is 1.33 bits per heavy atom. The van der Waals surface area contributed by atoms with Gasteiger partial charge in [-0.2, -0.15) is 13.2 Å². The highest BCUT2D eigenvalue weighted by Crippen LogP contribution is 2.22. The lowest BCUT2D eigenvalue weighted by Crippen LogP contribution is -2.13. The summed E-state index contributed by atoms with van der Waals surface area (Å²) >= 11 is 0. The van der Waals surface area contributed by atoms with Crippen LogP contribution in [0.1, 0.15) is 17.5 Å². The van der Waals surface area contributed by atoms with Crippen molar-refractivity contribution in [2.75, 3.05) is 13.2 Å². The van der Waals surface area contributed by atoms with Crippen molar-refractivity contribution in [3.05, 3.63) is 29.3 Å². The standard InChI is InChI=1S/C13H13F3O2/c1-10-9-11(3-2-7-17)4-5-12(10)18-8-6-13(14,15)16/h4-5,9,17H,6-8H2,1H3. The molecule has 0 unspecified atom stereocenters. The van der Waals surface area contributed by atoms with Gasteiger partial charge in [0.25, 0.3) is 0 Å².